The van der Waals surface area contributed by atoms with Crippen molar-refractivity contribution in [2.24, 2.45) is 0 Å². The molecule has 0 spiro atoms. The quantitative estimate of drug-likeness (QED) is 0.649. The van der Waals surface area contributed by atoms with E-state index in [9.17, 15) is 4.79 Å². The number of rotatable bonds is 6. The van der Waals surface area contributed by atoms with Gasteiger partial charge in [-0.2, -0.15) is 0 Å². The van der Waals surface area contributed by atoms with E-state index in [4.69, 9.17) is 5.11 Å². The Balaban J connectivity index is 2.45. The summed E-state index contributed by atoms with van der Waals surface area (Å²) in [6.07, 6.45) is 4.33. The first kappa shape index (κ1) is 13.6. The van der Waals surface area contributed by atoms with E-state index in [-0.39, 0.29) is 11.8 Å². The smallest absolute Gasteiger partial charge is 0.313 e. The van der Waals surface area contributed by atoms with E-state index < -0.39 is 5.97 Å². The normalized spacial score (nSPS) is 12.5. The van der Waals surface area contributed by atoms with Crippen molar-refractivity contribution < 1.29 is 9.90 Å². The molecule has 0 aliphatic heterocycles. The summed E-state index contributed by atoms with van der Waals surface area (Å²) < 4.78 is 1.98. The lowest BCUT2D eigenvalue weighted by molar-refractivity contribution is -0.133. The van der Waals surface area contributed by atoms with Crippen molar-refractivity contribution >= 4 is 28.9 Å². The Morgan fingerprint density at radius 1 is 1.68 bits per heavy atom. The second kappa shape index (κ2) is 5.88. The van der Waals surface area contributed by atoms with Crippen LogP contribution >= 0.6 is 11.8 Å². The molecule has 2 rings (SSSR count). The lowest BCUT2D eigenvalue weighted by Gasteiger charge is -2.14. The second-order valence-electron chi connectivity index (χ2n) is 4.17. The topological polar surface area (TPSA) is 68.0 Å². The molecule has 5 nitrogen and oxygen atoms in total. The molecule has 0 saturated heterocycles. The molecule has 2 heterocycles. The first-order valence-corrected chi connectivity index (χ1v) is 6.90. The molecule has 100 valence electrons. The monoisotopic (exact) mass is 277 g/mol. The number of carboxylic acid groups (broad SMARTS) is 1. The number of hydrogen-bond acceptors (Lipinski definition) is 4. The predicted molar refractivity (Wildman–Crippen MR) is 75.4 cm³/mol. The van der Waals surface area contributed by atoms with E-state index >= 15 is 0 Å². The number of carbonyl (C=O) groups is 1. The fourth-order valence-corrected chi connectivity index (χ4v) is 2.70. The van der Waals surface area contributed by atoms with Gasteiger partial charge in [0.25, 0.3) is 0 Å². The summed E-state index contributed by atoms with van der Waals surface area (Å²) >= 11 is 1.21. The van der Waals surface area contributed by atoms with Crippen LogP contribution in [0.25, 0.3) is 11.2 Å². The van der Waals surface area contributed by atoms with Crippen LogP contribution in [0.2, 0.25) is 0 Å². The van der Waals surface area contributed by atoms with E-state index in [1.54, 1.807) is 6.20 Å². The molecule has 0 radical (unpaired) electrons. The first-order chi connectivity index (χ1) is 9.13. The van der Waals surface area contributed by atoms with Gasteiger partial charge in [-0.3, -0.25) is 4.79 Å². The van der Waals surface area contributed by atoms with Crippen LogP contribution in [-0.2, 0) is 4.79 Å². The summed E-state index contributed by atoms with van der Waals surface area (Å²) in [5.41, 5.74) is 1.57. The minimum absolute atomic E-state index is 0.00979. The number of hydrogen-bond donors (Lipinski definition) is 1. The van der Waals surface area contributed by atoms with Crippen LogP contribution in [0.15, 0.2) is 36.1 Å². The number of nitrogens with zero attached hydrogens (tertiary/aromatic N) is 3. The van der Waals surface area contributed by atoms with Gasteiger partial charge >= 0.3 is 5.97 Å². The molecule has 0 aliphatic carbocycles. The molecule has 0 bridgehead atoms. The molecule has 2 aromatic heterocycles. The molecule has 0 fully saturated rings. The Morgan fingerprint density at radius 2 is 2.47 bits per heavy atom. The molecule has 0 saturated carbocycles. The van der Waals surface area contributed by atoms with Crippen molar-refractivity contribution in [1.82, 2.24) is 14.5 Å². The van der Waals surface area contributed by atoms with Crippen molar-refractivity contribution in [3.63, 3.8) is 0 Å². The van der Waals surface area contributed by atoms with Crippen molar-refractivity contribution in [3.05, 3.63) is 31.0 Å². The molecule has 6 heteroatoms. The summed E-state index contributed by atoms with van der Waals surface area (Å²) in [5, 5.41) is 9.48. The molecule has 2 aromatic rings. The van der Waals surface area contributed by atoms with E-state index in [0.29, 0.717) is 5.16 Å². The summed E-state index contributed by atoms with van der Waals surface area (Å²) in [6, 6.07) is 3.85. The maximum atomic E-state index is 10.7. The Bertz CT molecular complexity index is 609. The van der Waals surface area contributed by atoms with Gasteiger partial charge in [-0.05, 0) is 25.5 Å². The Labute approximate surface area is 115 Å². The van der Waals surface area contributed by atoms with Crippen molar-refractivity contribution in [3.8, 4) is 0 Å². The number of allylic oxidation sites excluding steroid dienone is 1. The zero-order valence-electron chi connectivity index (χ0n) is 10.6. The van der Waals surface area contributed by atoms with Crippen LogP contribution in [0.4, 0.5) is 0 Å². The summed E-state index contributed by atoms with van der Waals surface area (Å²) in [5.74, 6) is -0.864. The van der Waals surface area contributed by atoms with Gasteiger partial charge in [0.1, 0.15) is 5.52 Å². The highest BCUT2D eigenvalue weighted by atomic mass is 32.2. The van der Waals surface area contributed by atoms with Gasteiger partial charge in [0.05, 0.1) is 5.75 Å². The van der Waals surface area contributed by atoms with Crippen molar-refractivity contribution in [2.45, 2.75) is 24.5 Å². The van der Waals surface area contributed by atoms with Gasteiger partial charge in [0.15, 0.2) is 10.8 Å². The highest BCUT2D eigenvalue weighted by Crippen LogP contribution is 2.27. The van der Waals surface area contributed by atoms with Gasteiger partial charge in [-0.15, -0.1) is 6.58 Å². The molecule has 1 unspecified atom stereocenters. The molecule has 0 amide bonds. The number of pyridine rings is 1. The molecule has 1 atom stereocenters. The van der Waals surface area contributed by atoms with Crippen LogP contribution in [0.1, 0.15) is 19.4 Å². The maximum Gasteiger partial charge on any atom is 0.313 e. The average molecular weight is 277 g/mol. The van der Waals surface area contributed by atoms with E-state index in [1.807, 2.05) is 29.7 Å². The Kier molecular flexibility index (Phi) is 4.21. The molecule has 19 heavy (non-hydrogen) atoms. The minimum Gasteiger partial charge on any atom is -0.481 e. The van der Waals surface area contributed by atoms with E-state index in [1.165, 1.54) is 11.8 Å². The molecular formula is C13H15N3O2S. The Morgan fingerprint density at radius 3 is 3.16 bits per heavy atom. The third-order valence-corrected chi connectivity index (χ3v) is 3.63. The summed E-state index contributed by atoms with van der Waals surface area (Å²) in [7, 11) is 0. The highest BCUT2D eigenvalue weighted by molar-refractivity contribution is 7.99. The van der Waals surface area contributed by atoms with Crippen molar-refractivity contribution in [2.75, 3.05) is 5.75 Å². The largest absolute Gasteiger partial charge is 0.481 e. The van der Waals surface area contributed by atoms with Gasteiger partial charge in [0.2, 0.25) is 0 Å². The average Bonchev–Trinajstić information content (AvgIpc) is 2.74. The van der Waals surface area contributed by atoms with Crippen LogP contribution in [0.3, 0.4) is 0 Å². The van der Waals surface area contributed by atoms with E-state index in [2.05, 4.69) is 16.5 Å². The van der Waals surface area contributed by atoms with Crippen molar-refractivity contribution in [1.29, 1.82) is 0 Å². The fraction of sp³-hybridized carbons (Fsp3) is 0.308. The molecular weight excluding hydrogens is 262 g/mol. The predicted octanol–water partition coefficient (Wildman–Crippen LogP) is 2.75. The van der Waals surface area contributed by atoms with Gasteiger partial charge in [-0.25, -0.2) is 9.97 Å². The van der Waals surface area contributed by atoms with Crippen LogP contribution < -0.4 is 0 Å². The van der Waals surface area contributed by atoms with Crippen LogP contribution in [0, 0.1) is 0 Å². The fourth-order valence-electron chi connectivity index (χ4n) is 1.88. The third-order valence-electron chi connectivity index (χ3n) is 2.69. The number of thioether (sulfide) groups is 1. The third kappa shape index (κ3) is 2.96. The molecule has 0 aromatic carbocycles. The Hall–Kier alpha value is -1.82. The highest BCUT2D eigenvalue weighted by Gasteiger charge is 2.17. The summed E-state index contributed by atoms with van der Waals surface area (Å²) in [4.78, 5) is 19.5. The first-order valence-electron chi connectivity index (χ1n) is 5.92. The van der Waals surface area contributed by atoms with Gasteiger partial charge < -0.3 is 9.67 Å². The number of aromatic nitrogens is 3. The van der Waals surface area contributed by atoms with Gasteiger partial charge in [0, 0.05) is 12.2 Å². The number of carboxylic acids is 1. The summed E-state index contributed by atoms with van der Waals surface area (Å²) in [6.45, 7) is 5.78. The zero-order valence-corrected chi connectivity index (χ0v) is 11.4. The molecule has 0 aliphatic rings. The van der Waals surface area contributed by atoms with Gasteiger partial charge in [-0.1, -0.05) is 17.8 Å². The zero-order chi connectivity index (χ0) is 13.8. The standard InChI is InChI=1S/C13H15N3O2S/c1-3-5-9(2)16-12-10(6-4-7-14-12)15-13(16)19-8-11(17)18/h3-4,6-7,9H,1,5,8H2,2H3,(H,17,18). The van der Waals surface area contributed by atoms with Crippen LogP contribution in [0.5, 0.6) is 0 Å². The minimum atomic E-state index is -0.854. The number of fused-ring (bicyclic) bond motifs is 1. The lowest BCUT2D eigenvalue weighted by Crippen LogP contribution is -2.08. The SMILES string of the molecule is C=CCC(C)n1c(SCC(=O)O)nc2cccnc21. The van der Waals surface area contributed by atoms with Crippen LogP contribution in [-0.4, -0.2) is 31.4 Å². The number of imidazole rings is 1. The van der Waals surface area contributed by atoms with E-state index in [0.717, 1.165) is 17.6 Å². The molecule has 1 N–H and O–H groups in total. The lowest BCUT2D eigenvalue weighted by atomic mass is 10.2. The maximum absolute atomic E-state index is 10.7. The second-order valence-corrected chi connectivity index (χ2v) is 5.11. The number of aliphatic carboxylic acids is 1.